The van der Waals surface area contributed by atoms with Crippen LogP contribution in [0, 0.1) is 13.8 Å². The van der Waals surface area contributed by atoms with Gasteiger partial charge < -0.3 is 9.42 Å². The van der Waals surface area contributed by atoms with Gasteiger partial charge in [-0.1, -0.05) is 12.1 Å². The molecule has 8 nitrogen and oxygen atoms in total. The fraction of sp³-hybridized carbons (Fsp3) is 0.562. The highest BCUT2D eigenvalue weighted by Crippen LogP contribution is 2.24. The molecule has 1 aliphatic heterocycles. The first kappa shape index (κ1) is 16.5. The molecule has 1 unspecified atom stereocenters. The van der Waals surface area contributed by atoms with Crippen molar-refractivity contribution in [1.82, 2.24) is 30.1 Å². The molecule has 8 heteroatoms. The molecule has 1 aliphatic rings. The summed E-state index contributed by atoms with van der Waals surface area (Å²) in [6.45, 7) is 7.53. The number of nitrogens with zero attached hydrogens (tertiary/aromatic N) is 6. The highest BCUT2D eigenvalue weighted by atomic mass is 16.5. The van der Waals surface area contributed by atoms with Crippen LogP contribution in [0.15, 0.2) is 10.6 Å². The lowest BCUT2D eigenvalue weighted by Gasteiger charge is -2.37. The van der Waals surface area contributed by atoms with E-state index in [1.165, 1.54) is 0 Å². The van der Waals surface area contributed by atoms with Gasteiger partial charge in [0.15, 0.2) is 5.82 Å². The zero-order valence-corrected chi connectivity index (χ0v) is 14.5. The molecule has 3 rings (SSSR count). The van der Waals surface area contributed by atoms with E-state index in [4.69, 9.17) is 4.52 Å². The van der Waals surface area contributed by atoms with Crippen LogP contribution in [-0.2, 0) is 6.42 Å². The summed E-state index contributed by atoms with van der Waals surface area (Å²) in [4.78, 5) is 21.3. The lowest BCUT2D eigenvalue weighted by Crippen LogP contribution is -2.49. The Morgan fingerprint density at radius 3 is 2.79 bits per heavy atom. The van der Waals surface area contributed by atoms with E-state index in [2.05, 4.69) is 25.2 Å². The summed E-state index contributed by atoms with van der Waals surface area (Å²) in [6, 6.07) is 1.73. The highest BCUT2D eigenvalue weighted by Gasteiger charge is 2.33. The van der Waals surface area contributed by atoms with Crippen molar-refractivity contribution in [2.75, 3.05) is 26.7 Å². The monoisotopic (exact) mass is 330 g/mol. The molecule has 1 atom stereocenters. The van der Waals surface area contributed by atoms with Gasteiger partial charge in [-0.2, -0.15) is 15.2 Å². The molecule has 0 radical (unpaired) electrons. The predicted molar refractivity (Wildman–Crippen MR) is 86.5 cm³/mol. The maximum atomic E-state index is 13.0. The van der Waals surface area contributed by atoms with Crippen LogP contribution in [0.1, 0.15) is 46.4 Å². The smallest absolute Gasteiger partial charge is 0.255 e. The second-order valence-electron chi connectivity index (χ2n) is 6.13. The van der Waals surface area contributed by atoms with E-state index in [1.54, 1.807) is 6.92 Å². The second-order valence-corrected chi connectivity index (χ2v) is 6.13. The summed E-state index contributed by atoms with van der Waals surface area (Å²) < 4.78 is 5.31. The van der Waals surface area contributed by atoms with Crippen molar-refractivity contribution in [3.05, 3.63) is 34.7 Å². The lowest BCUT2D eigenvalue weighted by atomic mass is 10.1. The molecule has 0 N–H and O–H groups in total. The van der Waals surface area contributed by atoms with E-state index in [1.807, 2.05) is 31.9 Å². The molecule has 3 heterocycles. The fourth-order valence-corrected chi connectivity index (χ4v) is 2.90. The van der Waals surface area contributed by atoms with E-state index in [0.717, 1.165) is 17.9 Å². The number of piperazine rings is 1. The largest absolute Gasteiger partial charge is 0.338 e. The second kappa shape index (κ2) is 6.64. The molecule has 0 bridgehead atoms. The summed E-state index contributed by atoms with van der Waals surface area (Å²) >= 11 is 0. The number of hydrogen-bond acceptors (Lipinski definition) is 7. The molecule has 1 fully saturated rings. The molecule has 0 aromatic carbocycles. The van der Waals surface area contributed by atoms with Crippen LogP contribution in [0.4, 0.5) is 0 Å². The Hall–Kier alpha value is -2.35. The Bertz CT molecular complexity index is 744. The Balaban J connectivity index is 1.84. The summed E-state index contributed by atoms with van der Waals surface area (Å²) in [7, 11) is 2.00. The first-order chi connectivity index (χ1) is 11.5. The fourth-order valence-electron chi connectivity index (χ4n) is 2.90. The van der Waals surface area contributed by atoms with Crippen molar-refractivity contribution in [1.29, 1.82) is 0 Å². The van der Waals surface area contributed by atoms with Gasteiger partial charge in [0.1, 0.15) is 6.04 Å². The number of aryl methyl sites for hydroxylation is 3. The number of carbonyl (C=O) groups is 1. The first-order valence-electron chi connectivity index (χ1n) is 8.12. The van der Waals surface area contributed by atoms with Crippen LogP contribution in [0.25, 0.3) is 0 Å². The zero-order valence-electron chi connectivity index (χ0n) is 14.5. The van der Waals surface area contributed by atoms with Crippen molar-refractivity contribution in [2.45, 2.75) is 33.2 Å². The van der Waals surface area contributed by atoms with Gasteiger partial charge in [0.2, 0.25) is 5.89 Å². The van der Waals surface area contributed by atoms with E-state index in [9.17, 15) is 4.79 Å². The van der Waals surface area contributed by atoms with Crippen LogP contribution >= 0.6 is 0 Å². The number of carbonyl (C=O) groups excluding carboxylic acids is 1. The van der Waals surface area contributed by atoms with Crippen LogP contribution in [-0.4, -0.2) is 62.7 Å². The maximum absolute atomic E-state index is 13.0. The molecule has 128 valence electrons. The minimum Gasteiger partial charge on any atom is -0.338 e. The number of hydrogen-bond donors (Lipinski definition) is 0. The SMILES string of the molecule is CCc1nnc(C)cc1C(=O)N1CCN(C)C(c2nc(C)no2)C1. The summed E-state index contributed by atoms with van der Waals surface area (Å²) in [5.74, 6) is 1.13. The quantitative estimate of drug-likeness (QED) is 0.834. The third kappa shape index (κ3) is 3.14. The third-order valence-electron chi connectivity index (χ3n) is 4.32. The van der Waals surface area contributed by atoms with E-state index in [0.29, 0.717) is 36.8 Å². The Morgan fingerprint density at radius 2 is 2.12 bits per heavy atom. The average molecular weight is 330 g/mol. The predicted octanol–water partition coefficient (Wildman–Crippen LogP) is 1.17. The van der Waals surface area contributed by atoms with Gasteiger partial charge in [-0.3, -0.25) is 9.69 Å². The third-order valence-corrected chi connectivity index (χ3v) is 4.32. The summed E-state index contributed by atoms with van der Waals surface area (Å²) in [5, 5.41) is 12.1. The van der Waals surface area contributed by atoms with Crippen molar-refractivity contribution in [2.24, 2.45) is 0 Å². The Morgan fingerprint density at radius 1 is 1.33 bits per heavy atom. The lowest BCUT2D eigenvalue weighted by molar-refractivity contribution is 0.0487. The minimum absolute atomic E-state index is 0.0146. The van der Waals surface area contributed by atoms with E-state index < -0.39 is 0 Å². The van der Waals surface area contributed by atoms with Crippen LogP contribution in [0.2, 0.25) is 0 Å². The van der Waals surface area contributed by atoms with Crippen LogP contribution in [0.5, 0.6) is 0 Å². The van der Waals surface area contributed by atoms with Gasteiger partial charge in [-0.05, 0) is 33.4 Å². The van der Waals surface area contributed by atoms with E-state index in [-0.39, 0.29) is 11.9 Å². The molecule has 0 saturated carbocycles. The molecule has 24 heavy (non-hydrogen) atoms. The molecule has 1 saturated heterocycles. The summed E-state index contributed by atoms with van der Waals surface area (Å²) in [6.07, 6.45) is 0.675. The highest BCUT2D eigenvalue weighted by molar-refractivity contribution is 5.95. The molecule has 0 aliphatic carbocycles. The van der Waals surface area contributed by atoms with Crippen molar-refractivity contribution in [3.63, 3.8) is 0 Å². The Kier molecular flexibility index (Phi) is 4.57. The number of aromatic nitrogens is 4. The Labute approximate surface area is 140 Å². The minimum atomic E-state index is -0.0927. The number of amides is 1. The maximum Gasteiger partial charge on any atom is 0.255 e. The van der Waals surface area contributed by atoms with Gasteiger partial charge in [0, 0.05) is 19.6 Å². The first-order valence-corrected chi connectivity index (χ1v) is 8.12. The van der Waals surface area contributed by atoms with Gasteiger partial charge in [-0.25, -0.2) is 0 Å². The molecule has 1 amide bonds. The van der Waals surface area contributed by atoms with Gasteiger partial charge >= 0.3 is 0 Å². The molecular weight excluding hydrogens is 308 g/mol. The molecule has 2 aromatic heterocycles. The van der Waals surface area contributed by atoms with Crippen molar-refractivity contribution >= 4 is 5.91 Å². The summed E-state index contributed by atoms with van der Waals surface area (Å²) in [5.41, 5.74) is 2.11. The molecular formula is C16H22N6O2. The normalized spacial score (nSPS) is 18.8. The molecule has 2 aromatic rings. The standard InChI is InChI=1S/C16H22N6O2/c1-5-13-12(8-10(2)18-19-13)16(23)22-7-6-21(4)14(9-22)15-17-11(3)20-24-15/h8,14H,5-7,9H2,1-4H3. The van der Waals surface area contributed by atoms with E-state index >= 15 is 0 Å². The van der Waals surface area contributed by atoms with Crippen molar-refractivity contribution < 1.29 is 9.32 Å². The van der Waals surface area contributed by atoms with Crippen LogP contribution in [0.3, 0.4) is 0 Å². The van der Waals surface area contributed by atoms with Gasteiger partial charge in [-0.15, -0.1) is 0 Å². The van der Waals surface area contributed by atoms with Crippen LogP contribution < -0.4 is 0 Å². The number of likely N-dealkylation sites (N-methyl/N-ethyl adjacent to an activating group) is 1. The van der Waals surface area contributed by atoms with Crippen molar-refractivity contribution in [3.8, 4) is 0 Å². The zero-order chi connectivity index (χ0) is 17.3. The topological polar surface area (TPSA) is 88.3 Å². The number of rotatable bonds is 3. The van der Waals surface area contributed by atoms with Gasteiger partial charge in [0.05, 0.1) is 17.0 Å². The molecule has 0 spiro atoms. The average Bonchev–Trinajstić information content (AvgIpc) is 3.01. The van der Waals surface area contributed by atoms with Gasteiger partial charge in [0.25, 0.3) is 5.91 Å².